The SMILES string of the molecule is CCCCN(Cc1ccccc1C(F)(F)F)Cc1c(-c2ccccc2)nc(-c2ccccc2)n1CCCC. The number of rotatable bonds is 12. The fourth-order valence-corrected chi connectivity index (χ4v) is 4.82. The summed E-state index contributed by atoms with van der Waals surface area (Å²) in [4.78, 5) is 7.30. The minimum absolute atomic E-state index is 0.226. The Morgan fingerprint density at radius 2 is 1.34 bits per heavy atom. The van der Waals surface area contributed by atoms with Crippen molar-refractivity contribution >= 4 is 0 Å². The molecule has 0 saturated heterocycles. The lowest BCUT2D eigenvalue weighted by Gasteiger charge is -2.25. The summed E-state index contributed by atoms with van der Waals surface area (Å²) >= 11 is 0. The van der Waals surface area contributed by atoms with Crippen LogP contribution < -0.4 is 0 Å². The van der Waals surface area contributed by atoms with Gasteiger partial charge in [-0.1, -0.05) is 106 Å². The molecule has 0 aliphatic carbocycles. The van der Waals surface area contributed by atoms with Crippen molar-refractivity contribution in [1.82, 2.24) is 14.5 Å². The summed E-state index contributed by atoms with van der Waals surface area (Å²) in [6.07, 6.45) is -0.489. The van der Waals surface area contributed by atoms with Crippen LogP contribution in [0, 0.1) is 0 Å². The summed E-state index contributed by atoms with van der Waals surface area (Å²) in [5.74, 6) is 0.902. The topological polar surface area (TPSA) is 21.1 Å². The number of imidazole rings is 1. The molecule has 1 aromatic heterocycles. The molecule has 6 heteroatoms. The minimum atomic E-state index is -4.38. The van der Waals surface area contributed by atoms with Crippen molar-refractivity contribution in [3.8, 4) is 22.6 Å². The van der Waals surface area contributed by atoms with E-state index in [1.165, 1.54) is 12.1 Å². The number of hydrogen-bond donors (Lipinski definition) is 0. The zero-order valence-electron chi connectivity index (χ0n) is 22.2. The molecule has 0 saturated carbocycles. The molecule has 0 radical (unpaired) electrons. The predicted molar refractivity (Wildman–Crippen MR) is 148 cm³/mol. The van der Waals surface area contributed by atoms with E-state index in [4.69, 9.17) is 4.98 Å². The summed E-state index contributed by atoms with van der Waals surface area (Å²) in [6.45, 7) is 6.52. The van der Waals surface area contributed by atoms with Crippen molar-refractivity contribution in [1.29, 1.82) is 0 Å². The summed E-state index contributed by atoms with van der Waals surface area (Å²) in [5, 5.41) is 0. The first-order chi connectivity index (χ1) is 18.4. The van der Waals surface area contributed by atoms with Crippen molar-refractivity contribution in [2.24, 2.45) is 0 Å². The van der Waals surface area contributed by atoms with Gasteiger partial charge in [0.15, 0.2) is 0 Å². The van der Waals surface area contributed by atoms with Crippen LogP contribution in [0.4, 0.5) is 13.2 Å². The Balaban J connectivity index is 1.81. The van der Waals surface area contributed by atoms with Gasteiger partial charge in [0.25, 0.3) is 0 Å². The Morgan fingerprint density at radius 1 is 0.737 bits per heavy atom. The highest BCUT2D eigenvalue weighted by molar-refractivity contribution is 5.68. The summed E-state index contributed by atoms with van der Waals surface area (Å²) in [5.41, 5.74) is 3.74. The third kappa shape index (κ3) is 6.73. The van der Waals surface area contributed by atoms with E-state index in [-0.39, 0.29) is 6.54 Å². The molecule has 0 fully saturated rings. The molecule has 0 spiro atoms. The fourth-order valence-electron chi connectivity index (χ4n) is 4.82. The molecule has 0 N–H and O–H groups in total. The largest absolute Gasteiger partial charge is 0.416 e. The lowest BCUT2D eigenvalue weighted by molar-refractivity contribution is -0.138. The zero-order chi connectivity index (χ0) is 27.0. The van der Waals surface area contributed by atoms with E-state index in [1.54, 1.807) is 12.1 Å². The molecule has 3 aromatic carbocycles. The van der Waals surface area contributed by atoms with Gasteiger partial charge in [-0.3, -0.25) is 4.90 Å². The van der Waals surface area contributed by atoms with Crippen LogP contribution in [0.3, 0.4) is 0 Å². The Bertz CT molecular complexity index is 1280. The molecule has 0 unspecified atom stereocenters. The summed E-state index contributed by atoms with van der Waals surface area (Å²) in [6, 6.07) is 26.2. The van der Waals surface area contributed by atoms with E-state index in [0.717, 1.165) is 60.6 Å². The van der Waals surface area contributed by atoms with Crippen LogP contribution in [-0.4, -0.2) is 21.0 Å². The van der Waals surface area contributed by atoms with Gasteiger partial charge in [0, 0.05) is 30.8 Å². The van der Waals surface area contributed by atoms with Crippen LogP contribution in [0.15, 0.2) is 84.9 Å². The van der Waals surface area contributed by atoms with Gasteiger partial charge in [-0.15, -0.1) is 0 Å². The molecule has 0 amide bonds. The Kier molecular flexibility index (Phi) is 9.40. The third-order valence-corrected chi connectivity index (χ3v) is 6.81. The van der Waals surface area contributed by atoms with Crippen LogP contribution in [0.1, 0.15) is 56.4 Å². The molecule has 0 bridgehead atoms. The maximum absolute atomic E-state index is 13.8. The van der Waals surface area contributed by atoms with E-state index >= 15 is 0 Å². The van der Waals surface area contributed by atoms with Gasteiger partial charge in [-0.25, -0.2) is 4.98 Å². The number of benzene rings is 3. The van der Waals surface area contributed by atoms with Crippen molar-refractivity contribution in [2.75, 3.05) is 6.54 Å². The molecule has 0 atom stereocenters. The zero-order valence-corrected chi connectivity index (χ0v) is 22.2. The molecule has 0 aliphatic heterocycles. The molecule has 200 valence electrons. The van der Waals surface area contributed by atoms with E-state index in [0.29, 0.717) is 18.7 Å². The van der Waals surface area contributed by atoms with Gasteiger partial charge < -0.3 is 4.57 Å². The monoisotopic (exact) mass is 519 g/mol. The Hall–Kier alpha value is -3.38. The van der Waals surface area contributed by atoms with Crippen LogP contribution in [-0.2, 0) is 25.8 Å². The van der Waals surface area contributed by atoms with E-state index < -0.39 is 11.7 Å². The first-order valence-corrected chi connectivity index (χ1v) is 13.5. The normalized spacial score (nSPS) is 11.8. The Labute approximate surface area is 224 Å². The highest BCUT2D eigenvalue weighted by atomic mass is 19.4. The molecule has 3 nitrogen and oxygen atoms in total. The lowest BCUT2D eigenvalue weighted by atomic mass is 10.1. The summed E-state index contributed by atoms with van der Waals surface area (Å²) in [7, 11) is 0. The lowest BCUT2D eigenvalue weighted by Crippen LogP contribution is -2.27. The Morgan fingerprint density at radius 3 is 1.97 bits per heavy atom. The minimum Gasteiger partial charge on any atom is -0.326 e. The van der Waals surface area contributed by atoms with E-state index in [9.17, 15) is 13.2 Å². The maximum atomic E-state index is 13.8. The van der Waals surface area contributed by atoms with Gasteiger partial charge in [-0.2, -0.15) is 13.2 Å². The maximum Gasteiger partial charge on any atom is 0.416 e. The molecule has 1 heterocycles. The van der Waals surface area contributed by atoms with Crippen molar-refractivity contribution in [3.63, 3.8) is 0 Å². The first-order valence-electron chi connectivity index (χ1n) is 13.5. The second-order valence-electron chi connectivity index (χ2n) is 9.69. The number of nitrogens with zero attached hydrogens (tertiary/aromatic N) is 3. The van der Waals surface area contributed by atoms with Gasteiger partial charge in [0.05, 0.1) is 17.0 Å². The molecule has 4 aromatic rings. The van der Waals surface area contributed by atoms with Crippen LogP contribution >= 0.6 is 0 Å². The van der Waals surface area contributed by atoms with Gasteiger partial charge in [0.2, 0.25) is 0 Å². The number of aromatic nitrogens is 2. The molecule has 38 heavy (non-hydrogen) atoms. The molecule has 0 aliphatic rings. The predicted octanol–water partition coefficient (Wildman–Crippen LogP) is 8.84. The number of unbranched alkanes of at least 4 members (excludes halogenated alkanes) is 2. The average Bonchev–Trinajstić information content (AvgIpc) is 3.29. The second kappa shape index (κ2) is 12.9. The number of halogens is 3. The van der Waals surface area contributed by atoms with Crippen LogP contribution in [0.5, 0.6) is 0 Å². The van der Waals surface area contributed by atoms with Crippen molar-refractivity contribution in [3.05, 3.63) is 102 Å². The van der Waals surface area contributed by atoms with Crippen LogP contribution in [0.2, 0.25) is 0 Å². The second-order valence-corrected chi connectivity index (χ2v) is 9.69. The molecule has 4 rings (SSSR count). The fraction of sp³-hybridized carbons (Fsp3) is 0.344. The third-order valence-electron chi connectivity index (χ3n) is 6.81. The van der Waals surface area contributed by atoms with E-state index in [2.05, 4.69) is 47.6 Å². The molecular weight excluding hydrogens is 483 g/mol. The van der Waals surface area contributed by atoms with Gasteiger partial charge in [0.1, 0.15) is 5.82 Å². The van der Waals surface area contributed by atoms with Crippen LogP contribution in [0.25, 0.3) is 22.6 Å². The first kappa shape index (κ1) is 27.6. The quantitative estimate of drug-likeness (QED) is 0.186. The highest BCUT2D eigenvalue weighted by Crippen LogP contribution is 2.34. The van der Waals surface area contributed by atoms with Gasteiger partial charge in [-0.05, 0) is 31.0 Å². The average molecular weight is 520 g/mol. The summed E-state index contributed by atoms with van der Waals surface area (Å²) < 4.78 is 43.8. The highest BCUT2D eigenvalue weighted by Gasteiger charge is 2.33. The molecular formula is C32H36F3N3. The van der Waals surface area contributed by atoms with E-state index in [1.807, 2.05) is 36.4 Å². The van der Waals surface area contributed by atoms with Gasteiger partial charge >= 0.3 is 6.18 Å². The van der Waals surface area contributed by atoms with Crippen molar-refractivity contribution < 1.29 is 13.2 Å². The number of alkyl halides is 3. The van der Waals surface area contributed by atoms with Crippen molar-refractivity contribution in [2.45, 2.75) is 65.3 Å². The standard InChI is InChI=1S/C32H36F3N3/c1-3-5-21-37(23-27-19-13-14-20-28(27)32(33,34)35)24-29-30(25-15-9-7-10-16-25)36-31(38(29)22-6-4-2)26-17-11-8-12-18-26/h7-20H,3-6,21-24H2,1-2H3. The number of hydrogen-bond acceptors (Lipinski definition) is 2. The smallest absolute Gasteiger partial charge is 0.326 e.